The highest BCUT2D eigenvalue weighted by Crippen LogP contribution is 2.22. The Balaban J connectivity index is 1.49. The van der Waals surface area contributed by atoms with Gasteiger partial charge in [-0.1, -0.05) is 18.6 Å². The Labute approximate surface area is 164 Å². The zero-order chi connectivity index (χ0) is 20.0. The van der Waals surface area contributed by atoms with Gasteiger partial charge >= 0.3 is 0 Å². The molecule has 0 aromatic heterocycles. The van der Waals surface area contributed by atoms with Crippen molar-refractivity contribution in [1.29, 1.82) is 0 Å². The van der Waals surface area contributed by atoms with Crippen molar-refractivity contribution in [2.75, 3.05) is 26.2 Å². The van der Waals surface area contributed by atoms with Crippen LogP contribution in [-0.2, 0) is 10.0 Å². The number of piperidine rings is 1. The molecule has 1 N–H and O–H groups in total. The molecule has 6 nitrogen and oxygen atoms in total. The largest absolute Gasteiger partial charge is 0.492 e. The van der Waals surface area contributed by atoms with E-state index in [0.29, 0.717) is 18.8 Å². The second-order valence-corrected chi connectivity index (χ2v) is 8.46. The van der Waals surface area contributed by atoms with E-state index in [9.17, 15) is 17.6 Å². The van der Waals surface area contributed by atoms with Crippen LogP contribution in [0.15, 0.2) is 53.4 Å². The fourth-order valence-electron chi connectivity index (χ4n) is 3.04. The highest BCUT2D eigenvalue weighted by molar-refractivity contribution is 7.89. The molecule has 150 valence electrons. The molecule has 0 aliphatic carbocycles. The van der Waals surface area contributed by atoms with Crippen molar-refractivity contribution >= 4 is 15.9 Å². The molecule has 1 aliphatic heterocycles. The van der Waals surface area contributed by atoms with Gasteiger partial charge in [0.2, 0.25) is 10.0 Å². The molecule has 0 spiro atoms. The van der Waals surface area contributed by atoms with Crippen molar-refractivity contribution in [3.8, 4) is 5.75 Å². The highest BCUT2D eigenvalue weighted by Gasteiger charge is 2.25. The van der Waals surface area contributed by atoms with Crippen LogP contribution in [0.5, 0.6) is 5.75 Å². The number of carbonyl (C=O) groups is 1. The minimum atomic E-state index is -3.46. The average Bonchev–Trinajstić information content (AvgIpc) is 2.72. The summed E-state index contributed by atoms with van der Waals surface area (Å²) >= 11 is 0. The third kappa shape index (κ3) is 4.88. The molecule has 2 aromatic rings. The molecule has 1 aliphatic rings. The molecule has 0 unspecified atom stereocenters. The molecule has 8 heteroatoms. The summed E-state index contributed by atoms with van der Waals surface area (Å²) in [4.78, 5) is 12.1. The van der Waals surface area contributed by atoms with Gasteiger partial charge in [0.05, 0.1) is 17.0 Å². The molecule has 28 heavy (non-hydrogen) atoms. The summed E-state index contributed by atoms with van der Waals surface area (Å²) in [6.07, 6.45) is 2.84. The number of nitrogens with zero attached hydrogens (tertiary/aromatic N) is 1. The van der Waals surface area contributed by atoms with Crippen molar-refractivity contribution in [3.05, 3.63) is 59.9 Å². The second-order valence-electron chi connectivity index (χ2n) is 6.52. The van der Waals surface area contributed by atoms with Crippen LogP contribution >= 0.6 is 0 Å². The van der Waals surface area contributed by atoms with Gasteiger partial charge in [0.25, 0.3) is 5.91 Å². The van der Waals surface area contributed by atoms with Crippen LogP contribution in [0.25, 0.3) is 0 Å². The van der Waals surface area contributed by atoms with Gasteiger partial charge in [0, 0.05) is 13.1 Å². The molecule has 1 saturated heterocycles. The van der Waals surface area contributed by atoms with E-state index in [0.717, 1.165) is 19.3 Å². The van der Waals surface area contributed by atoms with Crippen molar-refractivity contribution in [1.82, 2.24) is 9.62 Å². The van der Waals surface area contributed by atoms with E-state index in [1.54, 1.807) is 18.2 Å². The first kappa shape index (κ1) is 20.3. The monoisotopic (exact) mass is 406 g/mol. The Morgan fingerprint density at radius 3 is 2.39 bits per heavy atom. The first-order valence-corrected chi connectivity index (χ1v) is 10.7. The van der Waals surface area contributed by atoms with Gasteiger partial charge in [-0.25, -0.2) is 12.8 Å². The van der Waals surface area contributed by atoms with E-state index < -0.39 is 21.7 Å². The van der Waals surface area contributed by atoms with Gasteiger partial charge < -0.3 is 10.1 Å². The maximum atomic E-state index is 13.5. The van der Waals surface area contributed by atoms with Gasteiger partial charge in [-0.3, -0.25) is 4.79 Å². The lowest BCUT2D eigenvalue weighted by Gasteiger charge is -2.25. The van der Waals surface area contributed by atoms with E-state index in [1.165, 1.54) is 34.6 Å². The smallest absolute Gasteiger partial charge is 0.254 e. The van der Waals surface area contributed by atoms with E-state index >= 15 is 0 Å². The number of sulfonamides is 1. The number of nitrogens with one attached hydrogen (secondary N) is 1. The maximum Gasteiger partial charge on any atom is 0.254 e. The molecule has 0 radical (unpaired) electrons. The van der Waals surface area contributed by atoms with Crippen LogP contribution in [0.4, 0.5) is 4.39 Å². The summed E-state index contributed by atoms with van der Waals surface area (Å²) < 4.78 is 45.8. The Bertz CT molecular complexity index is 910. The quantitative estimate of drug-likeness (QED) is 0.718. The normalized spacial score (nSPS) is 15.2. The summed E-state index contributed by atoms with van der Waals surface area (Å²) in [5.41, 5.74) is -0.0187. The fraction of sp³-hybridized carbons (Fsp3) is 0.350. The summed E-state index contributed by atoms with van der Waals surface area (Å²) in [5.74, 6) is -0.589. The second kappa shape index (κ2) is 9.16. The maximum absolute atomic E-state index is 13.5. The number of hydrogen-bond acceptors (Lipinski definition) is 4. The lowest BCUT2D eigenvalue weighted by Crippen LogP contribution is -2.35. The molecule has 0 bridgehead atoms. The molecule has 0 saturated carbocycles. The third-order valence-corrected chi connectivity index (χ3v) is 6.46. The van der Waals surface area contributed by atoms with Crippen molar-refractivity contribution in [2.45, 2.75) is 24.2 Å². The summed E-state index contributed by atoms with van der Waals surface area (Å²) in [7, 11) is -3.46. The lowest BCUT2D eigenvalue weighted by atomic mass is 10.2. The zero-order valence-corrected chi connectivity index (χ0v) is 16.3. The van der Waals surface area contributed by atoms with Crippen LogP contribution in [0.2, 0.25) is 0 Å². The van der Waals surface area contributed by atoms with Gasteiger partial charge in [0.15, 0.2) is 0 Å². The summed E-state index contributed by atoms with van der Waals surface area (Å²) in [5, 5.41) is 2.58. The third-order valence-electron chi connectivity index (χ3n) is 4.55. The highest BCUT2D eigenvalue weighted by atomic mass is 32.2. The Kier molecular flexibility index (Phi) is 6.64. The van der Waals surface area contributed by atoms with Crippen LogP contribution in [0.3, 0.4) is 0 Å². The van der Waals surface area contributed by atoms with Crippen LogP contribution in [0.1, 0.15) is 29.6 Å². The lowest BCUT2D eigenvalue weighted by molar-refractivity contribution is 0.0943. The minimum absolute atomic E-state index is 0.0187. The first-order chi connectivity index (χ1) is 13.5. The molecule has 1 fully saturated rings. The van der Waals surface area contributed by atoms with E-state index in [4.69, 9.17) is 4.74 Å². The fourth-order valence-corrected chi connectivity index (χ4v) is 4.55. The average molecular weight is 406 g/mol. The molecule has 2 aromatic carbocycles. The number of rotatable bonds is 7. The van der Waals surface area contributed by atoms with E-state index in [-0.39, 0.29) is 23.6 Å². The van der Waals surface area contributed by atoms with Gasteiger partial charge in [-0.15, -0.1) is 0 Å². The number of benzene rings is 2. The van der Waals surface area contributed by atoms with Crippen molar-refractivity contribution in [2.24, 2.45) is 0 Å². The molecular formula is C20H23FN2O4S. The van der Waals surface area contributed by atoms with Gasteiger partial charge in [-0.2, -0.15) is 4.31 Å². The number of hydrogen-bond donors (Lipinski definition) is 1. The topological polar surface area (TPSA) is 75.7 Å². The summed E-state index contributed by atoms with van der Waals surface area (Å²) in [6, 6.07) is 12.0. The standard InChI is InChI=1S/C20H23FN2O4S/c21-19-7-3-2-6-18(19)20(24)22-12-15-27-16-8-10-17(11-9-16)28(25,26)23-13-4-1-5-14-23/h2-3,6-11H,1,4-5,12-15H2,(H,22,24). The molecule has 0 atom stereocenters. The summed E-state index contributed by atoms with van der Waals surface area (Å²) in [6.45, 7) is 1.49. The van der Waals surface area contributed by atoms with Crippen molar-refractivity contribution in [3.63, 3.8) is 0 Å². The Morgan fingerprint density at radius 2 is 1.71 bits per heavy atom. The molecule has 1 amide bonds. The Hall–Kier alpha value is -2.45. The van der Waals surface area contributed by atoms with Gasteiger partial charge in [0.1, 0.15) is 18.2 Å². The zero-order valence-electron chi connectivity index (χ0n) is 15.4. The molecular weight excluding hydrogens is 383 g/mol. The van der Waals surface area contributed by atoms with E-state index in [1.807, 2.05) is 0 Å². The predicted octanol–water partition coefficient (Wildman–Crippen LogP) is 2.81. The number of amides is 1. The van der Waals surface area contributed by atoms with Crippen LogP contribution in [0, 0.1) is 5.82 Å². The molecule has 1 heterocycles. The van der Waals surface area contributed by atoms with E-state index in [2.05, 4.69) is 5.32 Å². The molecule has 3 rings (SSSR count). The number of halogens is 1. The Morgan fingerprint density at radius 1 is 1.04 bits per heavy atom. The van der Waals surface area contributed by atoms with Crippen LogP contribution < -0.4 is 10.1 Å². The van der Waals surface area contributed by atoms with Crippen LogP contribution in [-0.4, -0.2) is 44.9 Å². The number of ether oxygens (including phenoxy) is 1. The first-order valence-electron chi connectivity index (χ1n) is 9.24. The van der Waals surface area contributed by atoms with Crippen molar-refractivity contribution < 1.29 is 22.3 Å². The predicted molar refractivity (Wildman–Crippen MR) is 103 cm³/mol. The minimum Gasteiger partial charge on any atom is -0.492 e. The SMILES string of the molecule is O=C(NCCOc1ccc(S(=O)(=O)N2CCCCC2)cc1)c1ccccc1F. The van der Waals surface area contributed by atoms with Gasteiger partial charge in [-0.05, 0) is 49.2 Å². The number of carbonyl (C=O) groups excluding carboxylic acids is 1.